The zero-order chi connectivity index (χ0) is 17.0. The van der Waals surface area contributed by atoms with E-state index in [1.54, 1.807) is 0 Å². The molecule has 0 aliphatic heterocycles. The van der Waals surface area contributed by atoms with E-state index >= 15 is 0 Å². The van der Waals surface area contributed by atoms with Crippen molar-refractivity contribution in [2.24, 2.45) is 0 Å². The van der Waals surface area contributed by atoms with E-state index in [1.807, 2.05) is 27.0 Å². The lowest BCUT2D eigenvalue weighted by Crippen LogP contribution is -2.34. The number of carbonyl (C=O) groups is 1. The second-order valence-corrected chi connectivity index (χ2v) is 7.13. The van der Waals surface area contributed by atoms with Crippen LogP contribution in [0.1, 0.15) is 31.9 Å². The van der Waals surface area contributed by atoms with Gasteiger partial charge in [-0.3, -0.25) is 9.63 Å². The van der Waals surface area contributed by atoms with Crippen LogP contribution in [0.3, 0.4) is 0 Å². The van der Waals surface area contributed by atoms with Gasteiger partial charge in [-0.1, -0.05) is 6.07 Å². The zero-order valence-electron chi connectivity index (χ0n) is 14.7. The van der Waals surface area contributed by atoms with E-state index in [0.717, 1.165) is 24.9 Å². The Hall–Kier alpha value is -1.85. The summed E-state index contributed by atoms with van der Waals surface area (Å²) in [7, 11) is 4.13. The van der Waals surface area contributed by atoms with Gasteiger partial charge in [-0.25, -0.2) is 5.06 Å². The van der Waals surface area contributed by atoms with Crippen LogP contribution in [-0.2, 0) is 22.6 Å². The van der Waals surface area contributed by atoms with Crippen LogP contribution in [-0.4, -0.2) is 47.6 Å². The number of rotatable bonds is 7. The molecule has 0 aliphatic carbocycles. The molecule has 1 aromatic carbocycles. The molecule has 0 atom stereocenters. The number of nitrogens with zero attached hydrogens (tertiary/aromatic N) is 2. The third kappa shape index (κ3) is 5.08. The highest BCUT2D eigenvalue weighted by molar-refractivity contribution is 5.83. The van der Waals surface area contributed by atoms with Crippen molar-refractivity contribution in [3.05, 3.63) is 35.5 Å². The highest BCUT2D eigenvalue weighted by Crippen LogP contribution is 2.21. The average molecular weight is 317 g/mol. The Kier molecular flexibility index (Phi) is 5.44. The van der Waals surface area contributed by atoms with Crippen molar-refractivity contribution in [3.8, 4) is 0 Å². The van der Waals surface area contributed by atoms with E-state index in [2.05, 4.69) is 42.2 Å². The summed E-state index contributed by atoms with van der Waals surface area (Å²) in [6.45, 7) is 7.24. The molecule has 5 heteroatoms. The summed E-state index contributed by atoms with van der Waals surface area (Å²) < 4.78 is 0. The number of nitrogens with one attached hydrogen (secondary N) is 1. The fourth-order valence-corrected chi connectivity index (χ4v) is 2.60. The first-order valence-electron chi connectivity index (χ1n) is 7.93. The average Bonchev–Trinajstić information content (AvgIpc) is 2.84. The first kappa shape index (κ1) is 17.5. The first-order chi connectivity index (χ1) is 10.8. The number of aromatic amines is 1. The molecule has 0 fully saturated rings. The molecule has 1 heterocycles. The van der Waals surface area contributed by atoms with Gasteiger partial charge >= 0.3 is 0 Å². The number of hydrogen-bond acceptors (Lipinski definition) is 3. The van der Waals surface area contributed by atoms with Gasteiger partial charge in [0.05, 0.1) is 12.1 Å². The van der Waals surface area contributed by atoms with Crippen LogP contribution in [0.25, 0.3) is 10.9 Å². The third-order valence-corrected chi connectivity index (χ3v) is 3.44. The molecule has 1 aromatic heterocycles. The molecule has 1 N–H and O–H groups in total. The molecule has 0 saturated heterocycles. The first-order valence-corrected chi connectivity index (χ1v) is 7.93. The maximum atomic E-state index is 11.2. The van der Waals surface area contributed by atoms with Crippen LogP contribution in [0, 0.1) is 0 Å². The fraction of sp³-hybridized carbons (Fsp3) is 0.500. The number of carbonyl (C=O) groups excluding carboxylic acids is 1. The van der Waals surface area contributed by atoms with Crippen molar-refractivity contribution >= 4 is 17.3 Å². The summed E-state index contributed by atoms with van der Waals surface area (Å²) in [5.41, 5.74) is 3.23. The predicted octanol–water partition coefficient (Wildman–Crippen LogP) is 2.96. The van der Waals surface area contributed by atoms with Crippen LogP contribution >= 0.6 is 0 Å². The molecule has 0 spiro atoms. The number of H-pyrrole nitrogens is 1. The van der Waals surface area contributed by atoms with E-state index < -0.39 is 0 Å². The smallest absolute Gasteiger partial charge is 0.233 e. The minimum absolute atomic E-state index is 0.375. The van der Waals surface area contributed by atoms with Gasteiger partial charge < -0.3 is 9.88 Å². The van der Waals surface area contributed by atoms with Crippen molar-refractivity contribution in [3.63, 3.8) is 0 Å². The topological polar surface area (TPSA) is 48.6 Å². The summed E-state index contributed by atoms with van der Waals surface area (Å²) in [6.07, 6.45) is 3.52. The monoisotopic (exact) mass is 317 g/mol. The van der Waals surface area contributed by atoms with Crippen molar-refractivity contribution in [1.82, 2.24) is 14.9 Å². The van der Waals surface area contributed by atoms with Crippen molar-refractivity contribution in [2.45, 2.75) is 39.3 Å². The van der Waals surface area contributed by atoms with Crippen molar-refractivity contribution < 1.29 is 9.63 Å². The summed E-state index contributed by atoms with van der Waals surface area (Å²) in [5.74, 6) is 0. The van der Waals surface area contributed by atoms with Gasteiger partial charge in [-0.15, -0.1) is 0 Å². The number of hydroxylamine groups is 2. The number of fused-ring (bicyclic) bond motifs is 1. The molecule has 0 aliphatic rings. The molecular weight excluding hydrogens is 290 g/mol. The number of aromatic nitrogens is 1. The Morgan fingerprint density at radius 2 is 2.00 bits per heavy atom. The highest BCUT2D eigenvalue weighted by Gasteiger charge is 2.16. The van der Waals surface area contributed by atoms with Crippen LogP contribution in [0.4, 0.5) is 0 Å². The summed E-state index contributed by atoms with van der Waals surface area (Å²) in [6, 6.07) is 6.47. The molecule has 0 radical (unpaired) electrons. The van der Waals surface area contributed by atoms with E-state index in [-0.39, 0.29) is 5.60 Å². The van der Waals surface area contributed by atoms with Crippen molar-refractivity contribution in [1.29, 1.82) is 0 Å². The van der Waals surface area contributed by atoms with Gasteiger partial charge in [0.25, 0.3) is 0 Å². The van der Waals surface area contributed by atoms with Gasteiger partial charge in [0.1, 0.15) is 0 Å². The molecule has 0 unspecified atom stereocenters. The Morgan fingerprint density at radius 1 is 1.26 bits per heavy atom. The van der Waals surface area contributed by atoms with E-state index in [4.69, 9.17) is 4.84 Å². The predicted molar refractivity (Wildman–Crippen MR) is 93.0 cm³/mol. The fourth-order valence-electron chi connectivity index (χ4n) is 2.60. The van der Waals surface area contributed by atoms with Gasteiger partial charge in [0.15, 0.2) is 0 Å². The zero-order valence-corrected chi connectivity index (χ0v) is 14.7. The summed E-state index contributed by atoms with van der Waals surface area (Å²) >= 11 is 0. The molecule has 2 rings (SSSR count). The molecule has 1 amide bonds. The summed E-state index contributed by atoms with van der Waals surface area (Å²) in [5, 5.41) is 2.59. The lowest BCUT2D eigenvalue weighted by molar-refractivity contribution is -0.215. The van der Waals surface area contributed by atoms with Gasteiger partial charge in [-0.2, -0.15) is 0 Å². The molecular formula is C18H27N3O2. The van der Waals surface area contributed by atoms with Gasteiger partial charge in [0.2, 0.25) is 6.41 Å². The number of hydrogen-bond donors (Lipinski definition) is 1. The lowest BCUT2D eigenvalue weighted by Gasteiger charge is -2.26. The normalized spacial score (nSPS) is 12.1. The lowest BCUT2D eigenvalue weighted by atomic mass is 10.1. The molecule has 23 heavy (non-hydrogen) atoms. The van der Waals surface area contributed by atoms with Gasteiger partial charge in [0, 0.05) is 23.6 Å². The van der Waals surface area contributed by atoms with Crippen LogP contribution < -0.4 is 0 Å². The van der Waals surface area contributed by atoms with E-state index in [1.165, 1.54) is 21.6 Å². The van der Waals surface area contributed by atoms with Crippen LogP contribution in [0.5, 0.6) is 0 Å². The Morgan fingerprint density at radius 3 is 2.61 bits per heavy atom. The minimum atomic E-state index is -0.375. The van der Waals surface area contributed by atoms with Crippen LogP contribution in [0.15, 0.2) is 24.4 Å². The van der Waals surface area contributed by atoms with Crippen molar-refractivity contribution in [2.75, 3.05) is 20.6 Å². The third-order valence-electron chi connectivity index (χ3n) is 3.44. The summed E-state index contributed by atoms with van der Waals surface area (Å²) in [4.78, 5) is 22.2. The molecule has 0 bridgehead atoms. The molecule has 126 valence electrons. The second kappa shape index (κ2) is 7.15. The molecule has 0 saturated carbocycles. The largest absolute Gasteiger partial charge is 0.361 e. The van der Waals surface area contributed by atoms with Gasteiger partial charge in [-0.05, 0) is 64.5 Å². The Balaban J connectivity index is 2.11. The molecule has 2 aromatic rings. The highest BCUT2D eigenvalue weighted by atomic mass is 16.7. The number of amides is 1. The quantitative estimate of drug-likeness (QED) is 0.631. The van der Waals surface area contributed by atoms with E-state index in [0.29, 0.717) is 6.54 Å². The van der Waals surface area contributed by atoms with Crippen LogP contribution in [0.2, 0.25) is 0 Å². The Bertz CT molecular complexity index is 656. The number of benzene rings is 1. The second-order valence-electron chi connectivity index (χ2n) is 7.13. The Labute approximate surface area is 138 Å². The maximum absolute atomic E-state index is 11.2. The minimum Gasteiger partial charge on any atom is -0.361 e. The standard InChI is InChI=1S/C18H27N3O2/c1-18(2,3)23-21(13-22)9-8-15-11-19-17-7-6-14(10-16(15)17)12-20(4)5/h6-7,10-11,13,19H,8-9,12H2,1-5H3. The maximum Gasteiger partial charge on any atom is 0.233 e. The SMILES string of the molecule is CN(C)Cc1ccc2[nH]cc(CCN(C=O)OC(C)(C)C)c2c1. The molecule has 5 nitrogen and oxygen atoms in total. The van der Waals surface area contributed by atoms with E-state index in [9.17, 15) is 4.79 Å².